The van der Waals surface area contributed by atoms with Crippen molar-refractivity contribution in [1.82, 2.24) is 0 Å². The van der Waals surface area contributed by atoms with E-state index in [0.717, 1.165) is 36.3 Å². The van der Waals surface area contributed by atoms with Crippen molar-refractivity contribution in [3.05, 3.63) is 65.2 Å². The summed E-state index contributed by atoms with van der Waals surface area (Å²) in [5.74, 6) is 7.30. The lowest BCUT2D eigenvalue weighted by Gasteiger charge is -2.06. The fraction of sp³-hybridized carbons (Fsp3) is 0.417. The molecular weight excluding hydrogens is 320 g/mol. The van der Waals surface area contributed by atoms with Crippen molar-refractivity contribution < 1.29 is 9.47 Å². The maximum atomic E-state index is 5.65. The first-order chi connectivity index (χ1) is 12.8. The van der Waals surface area contributed by atoms with Crippen LogP contribution in [-0.4, -0.2) is 19.8 Å². The summed E-state index contributed by atoms with van der Waals surface area (Å²) < 4.78 is 11.1. The van der Waals surface area contributed by atoms with Crippen LogP contribution in [0, 0.1) is 11.8 Å². The molecule has 2 aromatic rings. The van der Waals surface area contributed by atoms with E-state index in [4.69, 9.17) is 9.47 Å². The van der Waals surface area contributed by atoms with Gasteiger partial charge in [0, 0.05) is 17.7 Å². The summed E-state index contributed by atoms with van der Waals surface area (Å²) in [6, 6.07) is 16.5. The first kappa shape index (κ1) is 20.1. The summed E-state index contributed by atoms with van der Waals surface area (Å²) in [6.45, 7) is 6.33. The van der Waals surface area contributed by atoms with E-state index in [9.17, 15) is 0 Å². The number of rotatable bonds is 10. The minimum Gasteiger partial charge on any atom is -0.491 e. The lowest BCUT2D eigenvalue weighted by atomic mass is 10.1. The molecule has 0 atom stereocenters. The Bertz CT molecular complexity index is 675. The van der Waals surface area contributed by atoms with Crippen molar-refractivity contribution in [1.29, 1.82) is 0 Å². The zero-order chi connectivity index (χ0) is 18.5. The summed E-state index contributed by atoms with van der Waals surface area (Å²) >= 11 is 0. The minimum absolute atomic E-state index is 0.579. The molecular formula is C24H30O2. The summed E-state index contributed by atoms with van der Waals surface area (Å²) in [4.78, 5) is 0. The predicted molar refractivity (Wildman–Crippen MR) is 109 cm³/mol. The van der Waals surface area contributed by atoms with Crippen molar-refractivity contribution in [3.63, 3.8) is 0 Å². The molecule has 0 radical (unpaired) electrons. The van der Waals surface area contributed by atoms with Gasteiger partial charge < -0.3 is 9.47 Å². The van der Waals surface area contributed by atoms with Gasteiger partial charge in [0.2, 0.25) is 0 Å². The summed E-state index contributed by atoms with van der Waals surface area (Å²) in [6.07, 6.45) is 6.02. The van der Waals surface area contributed by atoms with Crippen LogP contribution < -0.4 is 4.74 Å². The van der Waals surface area contributed by atoms with Gasteiger partial charge in [0.1, 0.15) is 12.4 Å². The van der Waals surface area contributed by atoms with Crippen LogP contribution in [0.4, 0.5) is 0 Å². The number of unbranched alkanes of at least 4 members (excludes halogenated alkanes) is 2. The maximum Gasteiger partial charge on any atom is 0.119 e. The normalized spacial score (nSPS) is 10.2. The van der Waals surface area contributed by atoms with Crippen molar-refractivity contribution in [2.24, 2.45) is 0 Å². The van der Waals surface area contributed by atoms with E-state index in [0.29, 0.717) is 13.2 Å². The van der Waals surface area contributed by atoms with E-state index in [-0.39, 0.29) is 0 Å². The minimum atomic E-state index is 0.579. The molecule has 0 unspecified atom stereocenters. The summed E-state index contributed by atoms with van der Waals surface area (Å²) in [7, 11) is 0. The molecule has 0 heterocycles. The molecule has 0 saturated heterocycles. The fourth-order valence-corrected chi connectivity index (χ4v) is 2.58. The lowest BCUT2D eigenvalue weighted by molar-refractivity contribution is 0.101. The molecule has 0 N–H and O–H groups in total. The molecule has 0 amide bonds. The Morgan fingerprint density at radius 2 is 1.35 bits per heavy atom. The topological polar surface area (TPSA) is 18.5 Å². The quantitative estimate of drug-likeness (QED) is 0.409. The van der Waals surface area contributed by atoms with Crippen LogP contribution in [0.15, 0.2) is 48.5 Å². The third kappa shape index (κ3) is 7.76. The Morgan fingerprint density at radius 1 is 0.692 bits per heavy atom. The second-order valence-electron chi connectivity index (χ2n) is 6.39. The third-order valence-corrected chi connectivity index (χ3v) is 4.07. The van der Waals surface area contributed by atoms with E-state index >= 15 is 0 Å². The number of benzene rings is 2. The highest BCUT2D eigenvalue weighted by atomic mass is 16.5. The van der Waals surface area contributed by atoms with E-state index in [1.807, 2.05) is 24.3 Å². The van der Waals surface area contributed by atoms with Crippen LogP contribution >= 0.6 is 0 Å². The third-order valence-electron chi connectivity index (χ3n) is 4.07. The SMILES string of the molecule is CCCCCc1ccc(C#Cc2ccc(OCCOCCC)cc2)cc1. The van der Waals surface area contributed by atoms with Gasteiger partial charge in [-0.25, -0.2) is 0 Å². The van der Waals surface area contributed by atoms with Crippen molar-refractivity contribution in [2.75, 3.05) is 19.8 Å². The number of hydrogen-bond acceptors (Lipinski definition) is 2. The van der Waals surface area contributed by atoms with Crippen molar-refractivity contribution in [3.8, 4) is 17.6 Å². The molecule has 0 aliphatic rings. The molecule has 2 rings (SSSR count). The van der Waals surface area contributed by atoms with Gasteiger partial charge in [-0.15, -0.1) is 0 Å². The highest BCUT2D eigenvalue weighted by Crippen LogP contribution is 2.12. The van der Waals surface area contributed by atoms with Gasteiger partial charge in [-0.1, -0.05) is 50.7 Å². The Balaban J connectivity index is 1.81. The molecule has 2 aromatic carbocycles. The molecule has 2 heteroatoms. The Labute approximate surface area is 158 Å². The van der Waals surface area contributed by atoms with Gasteiger partial charge >= 0.3 is 0 Å². The van der Waals surface area contributed by atoms with Crippen LogP contribution in [0.1, 0.15) is 56.2 Å². The summed E-state index contributed by atoms with van der Waals surface area (Å²) in [5, 5.41) is 0. The highest BCUT2D eigenvalue weighted by Gasteiger charge is 1.95. The van der Waals surface area contributed by atoms with Gasteiger partial charge in [-0.05, 0) is 61.2 Å². The molecule has 0 aliphatic heterocycles. The zero-order valence-corrected chi connectivity index (χ0v) is 16.1. The Kier molecular flexibility index (Phi) is 9.40. The van der Waals surface area contributed by atoms with Crippen LogP contribution in [0.2, 0.25) is 0 Å². The van der Waals surface area contributed by atoms with Gasteiger partial charge in [0.15, 0.2) is 0 Å². The lowest BCUT2D eigenvalue weighted by Crippen LogP contribution is -2.06. The summed E-state index contributed by atoms with van der Waals surface area (Å²) in [5.41, 5.74) is 3.44. The number of ether oxygens (including phenoxy) is 2. The standard InChI is InChI=1S/C24H30O2/c1-3-5-6-7-21-8-10-22(11-9-21)12-13-23-14-16-24(17-15-23)26-20-19-25-18-4-2/h8-11,14-17H,3-7,18-20H2,1-2H3. The van der Waals surface area contributed by atoms with E-state index in [1.165, 1.54) is 24.8 Å². The number of hydrogen-bond donors (Lipinski definition) is 0. The maximum absolute atomic E-state index is 5.65. The Morgan fingerprint density at radius 3 is 1.96 bits per heavy atom. The van der Waals surface area contributed by atoms with E-state index < -0.39 is 0 Å². The molecule has 26 heavy (non-hydrogen) atoms. The van der Waals surface area contributed by atoms with Crippen molar-refractivity contribution >= 4 is 0 Å². The largest absolute Gasteiger partial charge is 0.491 e. The van der Waals surface area contributed by atoms with Crippen molar-refractivity contribution in [2.45, 2.75) is 46.0 Å². The molecule has 0 aromatic heterocycles. The number of aryl methyl sites for hydroxylation is 1. The second-order valence-corrected chi connectivity index (χ2v) is 6.39. The average molecular weight is 351 g/mol. The second kappa shape index (κ2) is 12.2. The van der Waals surface area contributed by atoms with Gasteiger partial charge in [0.05, 0.1) is 6.61 Å². The molecule has 0 aliphatic carbocycles. The molecule has 0 bridgehead atoms. The first-order valence-electron chi connectivity index (χ1n) is 9.73. The predicted octanol–water partition coefficient (Wildman–Crippen LogP) is 5.62. The van der Waals surface area contributed by atoms with Gasteiger partial charge in [-0.2, -0.15) is 0 Å². The highest BCUT2D eigenvalue weighted by molar-refractivity contribution is 5.44. The van der Waals surface area contributed by atoms with Crippen LogP contribution in [0.5, 0.6) is 5.75 Å². The molecule has 2 nitrogen and oxygen atoms in total. The molecule has 0 spiro atoms. The first-order valence-corrected chi connectivity index (χ1v) is 9.73. The van der Waals surface area contributed by atoms with Crippen LogP contribution in [0.25, 0.3) is 0 Å². The van der Waals surface area contributed by atoms with Crippen LogP contribution in [-0.2, 0) is 11.2 Å². The van der Waals surface area contributed by atoms with E-state index in [1.54, 1.807) is 0 Å². The average Bonchev–Trinajstić information content (AvgIpc) is 2.68. The Hall–Kier alpha value is -2.24. The molecule has 0 fully saturated rings. The molecule has 138 valence electrons. The van der Waals surface area contributed by atoms with Gasteiger partial charge in [-0.3, -0.25) is 0 Å². The smallest absolute Gasteiger partial charge is 0.119 e. The molecule has 0 saturated carbocycles. The zero-order valence-electron chi connectivity index (χ0n) is 16.1. The fourth-order valence-electron chi connectivity index (χ4n) is 2.58. The van der Waals surface area contributed by atoms with E-state index in [2.05, 4.69) is 50.0 Å². The monoisotopic (exact) mass is 350 g/mol. The van der Waals surface area contributed by atoms with Crippen LogP contribution in [0.3, 0.4) is 0 Å². The van der Waals surface area contributed by atoms with Gasteiger partial charge in [0.25, 0.3) is 0 Å².